The van der Waals surface area contributed by atoms with Crippen LogP contribution in [0.15, 0.2) is 48.5 Å². The molecule has 0 aliphatic carbocycles. The number of halogens is 1. The largest absolute Gasteiger partial charge is 0.493 e. The zero-order valence-corrected chi connectivity index (χ0v) is 15.0. The molecule has 0 saturated heterocycles. The lowest BCUT2D eigenvalue weighted by Crippen LogP contribution is -2.26. The quantitative estimate of drug-likeness (QED) is 0.758. The number of aliphatic hydroxyl groups is 1. The Balaban J connectivity index is 0.00000288. The van der Waals surface area contributed by atoms with Crippen LogP contribution in [0.3, 0.4) is 0 Å². The van der Waals surface area contributed by atoms with Crippen LogP contribution in [0.5, 0.6) is 11.5 Å². The van der Waals surface area contributed by atoms with Crippen molar-refractivity contribution in [3.63, 3.8) is 0 Å². The van der Waals surface area contributed by atoms with Gasteiger partial charge < -0.3 is 20.3 Å². The molecule has 2 rings (SSSR count). The van der Waals surface area contributed by atoms with Gasteiger partial charge in [-0.2, -0.15) is 0 Å². The minimum absolute atomic E-state index is 0. The average molecular weight is 352 g/mol. The summed E-state index contributed by atoms with van der Waals surface area (Å²) < 4.78 is 11.2. The SMILES string of the molecule is CCC[C@@H](O)[C@@H](N)c1ccc(OC)c(OCc2ccccc2)c1.Cl. The van der Waals surface area contributed by atoms with Crippen LogP contribution >= 0.6 is 12.4 Å². The Morgan fingerprint density at radius 2 is 1.79 bits per heavy atom. The van der Waals surface area contributed by atoms with E-state index in [2.05, 4.69) is 0 Å². The molecule has 5 heteroatoms. The van der Waals surface area contributed by atoms with Crippen molar-refractivity contribution in [3.05, 3.63) is 59.7 Å². The fourth-order valence-electron chi connectivity index (χ4n) is 2.45. The van der Waals surface area contributed by atoms with E-state index in [9.17, 15) is 5.11 Å². The van der Waals surface area contributed by atoms with E-state index in [-0.39, 0.29) is 12.4 Å². The highest BCUT2D eigenvalue weighted by Crippen LogP contribution is 2.31. The second-order valence-corrected chi connectivity index (χ2v) is 5.57. The third-order valence-corrected chi connectivity index (χ3v) is 3.81. The number of methoxy groups -OCH3 is 1. The second kappa shape index (κ2) is 10.2. The molecule has 3 N–H and O–H groups in total. The Kier molecular flexibility index (Phi) is 8.61. The standard InChI is InChI=1S/C19H25NO3.ClH/c1-3-7-16(21)19(20)15-10-11-17(22-2)18(12-15)23-13-14-8-5-4-6-9-14;/h4-6,8-12,16,19,21H,3,7,13,20H2,1-2H3;1H/t16-,19+;/m1./s1. The molecule has 2 aromatic rings. The van der Waals surface area contributed by atoms with Crippen LogP contribution in [-0.4, -0.2) is 18.3 Å². The average Bonchev–Trinajstić information content (AvgIpc) is 2.60. The highest BCUT2D eigenvalue weighted by molar-refractivity contribution is 5.85. The first-order chi connectivity index (χ1) is 11.2. The van der Waals surface area contributed by atoms with Crippen LogP contribution in [0, 0.1) is 0 Å². The Hall–Kier alpha value is -1.75. The fraction of sp³-hybridized carbons (Fsp3) is 0.368. The van der Waals surface area contributed by atoms with Gasteiger partial charge in [0.2, 0.25) is 0 Å². The Morgan fingerprint density at radius 3 is 2.42 bits per heavy atom. The van der Waals surface area contributed by atoms with Crippen LogP contribution in [-0.2, 0) is 6.61 Å². The second-order valence-electron chi connectivity index (χ2n) is 5.57. The summed E-state index contributed by atoms with van der Waals surface area (Å²) in [5.74, 6) is 1.29. The molecule has 2 atom stereocenters. The van der Waals surface area contributed by atoms with Gasteiger partial charge in [0, 0.05) is 0 Å². The van der Waals surface area contributed by atoms with Crippen molar-refractivity contribution in [1.29, 1.82) is 0 Å². The fourth-order valence-corrected chi connectivity index (χ4v) is 2.45. The van der Waals surface area contributed by atoms with Crippen LogP contribution in [0.4, 0.5) is 0 Å². The monoisotopic (exact) mass is 351 g/mol. The summed E-state index contributed by atoms with van der Waals surface area (Å²) in [5, 5.41) is 10.1. The summed E-state index contributed by atoms with van der Waals surface area (Å²) in [7, 11) is 1.61. The molecule has 0 fully saturated rings. The van der Waals surface area contributed by atoms with E-state index in [0.29, 0.717) is 24.5 Å². The lowest BCUT2D eigenvalue weighted by atomic mass is 9.99. The van der Waals surface area contributed by atoms with Gasteiger partial charge in [0.25, 0.3) is 0 Å². The van der Waals surface area contributed by atoms with Crippen molar-refractivity contribution in [1.82, 2.24) is 0 Å². The molecular formula is C19H26ClNO3. The summed E-state index contributed by atoms with van der Waals surface area (Å²) in [5.41, 5.74) is 8.07. The highest BCUT2D eigenvalue weighted by atomic mass is 35.5. The van der Waals surface area contributed by atoms with E-state index >= 15 is 0 Å². The van der Waals surface area contributed by atoms with Gasteiger partial charge >= 0.3 is 0 Å². The number of hydrogen-bond acceptors (Lipinski definition) is 4. The van der Waals surface area contributed by atoms with Gasteiger partial charge in [0.15, 0.2) is 11.5 Å². The first-order valence-corrected chi connectivity index (χ1v) is 7.94. The van der Waals surface area contributed by atoms with Gasteiger partial charge in [0.05, 0.1) is 19.3 Å². The number of aliphatic hydroxyl groups excluding tert-OH is 1. The molecule has 132 valence electrons. The maximum Gasteiger partial charge on any atom is 0.161 e. The predicted octanol–water partition coefficient (Wildman–Crippen LogP) is 3.86. The molecule has 0 aliphatic heterocycles. The number of nitrogens with two attached hydrogens (primary N) is 1. The lowest BCUT2D eigenvalue weighted by Gasteiger charge is -2.20. The normalized spacial score (nSPS) is 12.8. The minimum Gasteiger partial charge on any atom is -0.493 e. The molecule has 0 bridgehead atoms. The van der Waals surface area contributed by atoms with Gasteiger partial charge in [-0.3, -0.25) is 0 Å². The van der Waals surface area contributed by atoms with E-state index in [4.69, 9.17) is 15.2 Å². The van der Waals surface area contributed by atoms with E-state index in [1.807, 2.05) is 55.5 Å². The van der Waals surface area contributed by atoms with Crippen LogP contribution in [0.25, 0.3) is 0 Å². The van der Waals surface area contributed by atoms with E-state index < -0.39 is 12.1 Å². The zero-order valence-electron chi connectivity index (χ0n) is 14.1. The summed E-state index contributed by atoms with van der Waals surface area (Å²) >= 11 is 0. The number of benzene rings is 2. The van der Waals surface area contributed by atoms with Crippen molar-refractivity contribution in [2.75, 3.05) is 7.11 Å². The third-order valence-electron chi connectivity index (χ3n) is 3.81. The molecule has 0 heterocycles. The molecule has 0 amide bonds. The van der Waals surface area contributed by atoms with Crippen molar-refractivity contribution >= 4 is 12.4 Å². The molecule has 0 aromatic heterocycles. The maximum atomic E-state index is 10.1. The summed E-state index contributed by atoms with van der Waals surface area (Å²) in [4.78, 5) is 0. The van der Waals surface area contributed by atoms with E-state index in [0.717, 1.165) is 17.5 Å². The lowest BCUT2D eigenvalue weighted by molar-refractivity contribution is 0.134. The molecule has 24 heavy (non-hydrogen) atoms. The summed E-state index contributed by atoms with van der Waals surface area (Å²) in [6.45, 7) is 2.48. The van der Waals surface area contributed by atoms with Gasteiger partial charge in [-0.25, -0.2) is 0 Å². The number of ether oxygens (including phenoxy) is 2. The van der Waals surface area contributed by atoms with Crippen molar-refractivity contribution in [3.8, 4) is 11.5 Å². The molecule has 0 saturated carbocycles. The molecule has 0 radical (unpaired) electrons. The first-order valence-electron chi connectivity index (χ1n) is 7.94. The van der Waals surface area contributed by atoms with Crippen LogP contribution in [0.1, 0.15) is 36.9 Å². The Morgan fingerprint density at radius 1 is 1.08 bits per heavy atom. The van der Waals surface area contributed by atoms with Gasteiger partial charge in [-0.15, -0.1) is 12.4 Å². The van der Waals surface area contributed by atoms with Crippen molar-refractivity contribution in [2.45, 2.75) is 38.5 Å². The van der Waals surface area contributed by atoms with Gasteiger partial charge in [-0.1, -0.05) is 49.7 Å². The van der Waals surface area contributed by atoms with Crippen molar-refractivity contribution < 1.29 is 14.6 Å². The third kappa shape index (κ3) is 5.41. The molecule has 2 aromatic carbocycles. The molecular weight excluding hydrogens is 326 g/mol. The number of rotatable bonds is 8. The van der Waals surface area contributed by atoms with Gasteiger partial charge in [0.1, 0.15) is 6.61 Å². The van der Waals surface area contributed by atoms with E-state index in [1.165, 1.54) is 0 Å². The number of hydrogen-bond donors (Lipinski definition) is 2. The molecule has 0 spiro atoms. The topological polar surface area (TPSA) is 64.7 Å². The molecule has 4 nitrogen and oxygen atoms in total. The summed E-state index contributed by atoms with van der Waals surface area (Å²) in [6, 6.07) is 15.1. The molecule has 0 aliphatic rings. The highest BCUT2D eigenvalue weighted by Gasteiger charge is 2.18. The van der Waals surface area contributed by atoms with Crippen molar-refractivity contribution in [2.24, 2.45) is 5.73 Å². The van der Waals surface area contributed by atoms with Gasteiger partial charge in [-0.05, 0) is 29.7 Å². The zero-order chi connectivity index (χ0) is 16.7. The summed E-state index contributed by atoms with van der Waals surface area (Å²) in [6.07, 6.45) is 1.01. The molecule has 0 unspecified atom stereocenters. The Bertz CT molecular complexity index is 607. The maximum absolute atomic E-state index is 10.1. The van der Waals surface area contributed by atoms with Crippen LogP contribution in [0.2, 0.25) is 0 Å². The first kappa shape index (κ1) is 20.3. The minimum atomic E-state index is -0.560. The predicted molar refractivity (Wildman–Crippen MR) is 98.9 cm³/mol. The van der Waals surface area contributed by atoms with Crippen LogP contribution < -0.4 is 15.2 Å². The van der Waals surface area contributed by atoms with E-state index in [1.54, 1.807) is 7.11 Å². The smallest absolute Gasteiger partial charge is 0.161 e. The Labute approximate surface area is 150 Å².